The van der Waals surface area contributed by atoms with Crippen molar-refractivity contribution in [1.82, 2.24) is 24.9 Å². The molecule has 0 saturated carbocycles. The predicted molar refractivity (Wildman–Crippen MR) is 152 cm³/mol. The van der Waals surface area contributed by atoms with Crippen LogP contribution in [0.25, 0.3) is 16.8 Å². The first kappa shape index (κ1) is 29.6. The van der Waals surface area contributed by atoms with Crippen molar-refractivity contribution in [2.75, 3.05) is 11.0 Å². The van der Waals surface area contributed by atoms with Gasteiger partial charge in [-0.2, -0.15) is 0 Å². The molecular formula is C29H30F2N6O3S. The lowest BCUT2D eigenvalue weighted by atomic mass is 9.94. The van der Waals surface area contributed by atoms with Crippen LogP contribution in [0.2, 0.25) is 0 Å². The quantitative estimate of drug-likeness (QED) is 0.309. The van der Waals surface area contributed by atoms with Crippen molar-refractivity contribution < 1.29 is 22.0 Å². The SMILES string of the molecule is CC(=O)N[C@@H](Cc1cc(F)cc(F)c1)c1nc(C#CC(C)(C)C)ccc1-c1ccc(C)n2c(NS(C)(=O)=O)nnc12. The summed E-state index contributed by atoms with van der Waals surface area (Å²) in [6.45, 7) is 9.00. The molecule has 1 amide bonds. The summed E-state index contributed by atoms with van der Waals surface area (Å²) in [7, 11) is -3.64. The molecule has 214 valence electrons. The number of fused-ring (bicyclic) bond motifs is 1. The van der Waals surface area contributed by atoms with Crippen LogP contribution in [0.4, 0.5) is 14.7 Å². The Hall–Kier alpha value is -4.37. The lowest BCUT2D eigenvalue weighted by molar-refractivity contribution is -0.119. The number of aromatic nitrogens is 4. The molecule has 1 aromatic carbocycles. The average molecular weight is 581 g/mol. The van der Waals surface area contributed by atoms with Crippen molar-refractivity contribution in [3.63, 3.8) is 0 Å². The summed E-state index contributed by atoms with van der Waals surface area (Å²) in [5.41, 5.74) is 2.93. The molecule has 0 aliphatic heterocycles. The summed E-state index contributed by atoms with van der Waals surface area (Å²) in [6, 6.07) is 9.44. The molecule has 0 unspecified atom stereocenters. The van der Waals surface area contributed by atoms with Crippen LogP contribution >= 0.6 is 0 Å². The van der Waals surface area contributed by atoms with Crippen LogP contribution in [-0.4, -0.2) is 40.2 Å². The van der Waals surface area contributed by atoms with Gasteiger partial charge in [0.05, 0.1) is 18.0 Å². The number of aryl methyl sites for hydroxylation is 1. The van der Waals surface area contributed by atoms with Gasteiger partial charge in [-0.25, -0.2) is 22.2 Å². The second kappa shape index (κ2) is 11.2. The van der Waals surface area contributed by atoms with Gasteiger partial charge < -0.3 is 5.32 Å². The number of sulfonamides is 1. The van der Waals surface area contributed by atoms with Gasteiger partial charge in [-0.1, -0.05) is 5.92 Å². The minimum atomic E-state index is -3.64. The Labute approximate surface area is 237 Å². The zero-order valence-corrected chi connectivity index (χ0v) is 24.3. The Bertz CT molecular complexity index is 1800. The summed E-state index contributed by atoms with van der Waals surface area (Å²) in [5, 5.41) is 11.1. The fourth-order valence-electron chi connectivity index (χ4n) is 4.30. The van der Waals surface area contributed by atoms with Gasteiger partial charge >= 0.3 is 0 Å². The molecule has 0 fully saturated rings. The smallest absolute Gasteiger partial charge is 0.242 e. The molecule has 3 heterocycles. The first-order valence-electron chi connectivity index (χ1n) is 12.7. The zero-order valence-electron chi connectivity index (χ0n) is 23.5. The van der Waals surface area contributed by atoms with Gasteiger partial charge in [-0.15, -0.1) is 10.2 Å². The first-order valence-corrected chi connectivity index (χ1v) is 14.6. The molecule has 0 spiro atoms. The topological polar surface area (TPSA) is 118 Å². The van der Waals surface area contributed by atoms with Crippen LogP contribution in [0.5, 0.6) is 0 Å². The number of nitrogens with one attached hydrogen (secondary N) is 2. The standard InChI is InChI=1S/C29H30F2N6O3S/c1-17-7-9-24(27-34-35-28(37(17)27)36-41(6,39)40)23-10-8-22(11-12-29(3,4)5)33-26(23)25(32-18(2)38)15-19-13-20(30)16-21(31)14-19/h7-10,13-14,16,25H,15H2,1-6H3,(H,32,38)(H,35,36)/t25-/m0/s1. The monoisotopic (exact) mass is 580 g/mol. The van der Waals surface area contributed by atoms with E-state index in [2.05, 4.69) is 32.1 Å². The fraction of sp³-hybridized carbons (Fsp3) is 0.310. The third-order valence-electron chi connectivity index (χ3n) is 5.87. The van der Waals surface area contributed by atoms with E-state index in [4.69, 9.17) is 4.98 Å². The van der Waals surface area contributed by atoms with E-state index >= 15 is 0 Å². The number of pyridine rings is 2. The van der Waals surface area contributed by atoms with Crippen molar-refractivity contribution in [2.24, 2.45) is 5.41 Å². The molecule has 41 heavy (non-hydrogen) atoms. The molecule has 4 rings (SSSR count). The highest BCUT2D eigenvalue weighted by Gasteiger charge is 2.24. The zero-order chi connectivity index (χ0) is 30.1. The Kier molecular flexibility index (Phi) is 8.12. The molecule has 0 aliphatic carbocycles. The number of carbonyl (C=O) groups is 1. The minimum Gasteiger partial charge on any atom is -0.348 e. The highest BCUT2D eigenvalue weighted by atomic mass is 32.2. The highest BCUT2D eigenvalue weighted by Crippen LogP contribution is 2.33. The van der Waals surface area contributed by atoms with E-state index < -0.39 is 27.7 Å². The van der Waals surface area contributed by atoms with Gasteiger partial charge in [-0.05, 0) is 82.0 Å². The molecule has 1 atom stereocenters. The third kappa shape index (κ3) is 7.43. The number of hydrogen-bond donors (Lipinski definition) is 2. The number of anilines is 1. The van der Waals surface area contributed by atoms with Crippen molar-refractivity contribution >= 4 is 27.5 Å². The number of amides is 1. The predicted octanol–water partition coefficient (Wildman–Crippen LogP) is 4.57. The van der Waals surface area contributed by atoms with E-state index in [9.17, 15) is 22.0 Å². The van der Waals surface area contributed by atoms with Gasteiger partial charge in [0.2, 0.25) is 21.9 Å². The number of nitrogens with zero attached hydrogens (tertiary/aromatic N) is 4. The maximum absolute atomic E-state index is 14.1. The van der Waals surface area contributed by atoms with Crippen molar-refractivity contribution in [3.8, 4) is 23.0 Å². The minimum absolute atomic E-state index is 0.0117. The normalized spacial score (nSPS) is 12.5. The lowest BCUT2D eigenvalue weighted by Gasteiger charge is -2.22. The number of rotatable bonds is 7. The molecule has 2 N–H and O–H groups in total. The first-order chi connectivity index (χ1) is 19.1. The Morgan fingerprint density at radius 1 is 1.05 bits per heavy atom. The van der Waals surface area contributed by atoms with E-state index in [0.717, 1.165) is 12.3 Å². The summed E-state index contributed by atoms with van der Waals surface area (Å²) in [5.74, 6) is 4.36. The van der Waals surface area contributed by atoms with Crippen molar-refractivity contribution in [3.05, 3.63) is 76.7 Å². The maximum Gasteiger partial charge on any atom is 0.242 e. The summed E-state index contributed by atoms with van der Waals surface area (Å²) >= 11 is 0. The molecule has 3 aromatic heterocycles. The van der Waals surface area contributed by atoms with Crippen LogP contribution in [0.1, 0.15) is 56.4 Å². The van der Waals surface area contributed by atoms with E-state index in [1.54, 1.807) is 35.6 Å². The van der Waals surface area contributed by atoms with E-state index in [1.807, 2.05) is 20.8 Å². The second-order valence-electron chi connectivity index (χ2n) is 10.8. The summed E-state index contributed by atoms with van der Waals surface area (Å²) in [6.07, 6.45) is 1.04. The molecule has 0 bridgehead atoms. The van der Waals surface area contributed by atoms with Gasteiger partial charge in [0.1, 0.15) is 17.3 Å². The van der Waals surface area contributed by atoms with E-state index in [1.165, 1.54) is 19.1 Å². The van der Waals surface area contributed by atoms with E-state index in [0.29, 0.717) is 39.4 Å². The van der Waals surface area contributed by atoms with Crippen LogP contribution in [0.15, 0.2) is 42.5 Å². The molecule has 0 saturated heterocycles. The molecule has 0 radical (unpaired) electrons. The second-order valence-corrected chi connectivity index (χ2v) is 12.6. The van der Waals surface area contributed by atoms with Crippen LogP contribution in [0, 0.1) is 35.8 Å². The number of benzene rings is 1. The number of halogens is 2. The van der Waals surface area contributed by atoms with Gasteiger partial charge in [0.25, 0.3) is 0 Å². The molecule has 12 heteroatoms. The Morgan fingerprint density at radius 2 is 1.71 bits per heavy atom. The van der Waals surface area contributed by atoms with Crippen molar-refractivity contribution in [1.29, 1.82) is 0 Å². The van der Waals surface area contributed by atoms with Crippen LogP contribution in [0.3, 0.4) is 0 Å². The van der Waals surface area contributed by atoms with Gasteiger partial charge in [-0.3, -0.25) is 13.9 Å². The molecule has 9 nitrogen and oxygen atoms in total. The average Bonchev–Trinajstić information content (AvgIpc) is 3.24. The molecule has 0 aliphatic rings. The largest absolute Gasteiger partial charge is 0.348 e. The Morgan fingerprint density at radius 3 is 2.32 bits per heavy atom. The van der Waals surface area contributed by atoms with Gasteiger partial charge in [0, 0.05) is 35.2 Å². The number of hydrogen-bond acceptors (Lipinski definition) is 6. The Balaban J connectivity index is 1.96. The highest BCUT2D eigenvalue weighted by molar-refractivity contribution is 7.92. The lowest BCUT2D eigenvalue weighted by Crippen LogP contribution is -2.29. The fourth-order valence-corrected chi connectivity index (χ4v) is 4.77. The van der Waals surface area contributed by atoms with Crippen LogP contribution in [-0.2, 0) is 21.2 Å². The molecular weight excluding hydrogens is 550 g/mol. The van der Waals surface area contributed by atoms with Gasteiger partial charge in [0.15, 0.2) is 5.65 Å². The summed E-state index contributed by atoms with van der Waals surface area (Å²) in [4.78, 5) is 17.1. The molecule has 4 aromatic rings. The third-order valence-corrected chi connectivity index (χ3v) is 6.43. The van der Waals surface area contributed by atoms with Crippen LogP contribution < -0.4 is 10.0 Å². The van der Waals surface area contributed by atoms with Crippen molar-refractivity contribution in [2.45, 2.75) is 47.1 Å². The van der Waals surface area contributed by atoms with E-state index in [-0.39, 0.29) is 23.7 Å². The summed E-state index contributed by atoms with van der Waals surface area (Å²) < 4.78 is 55.9. The number of carbonyl (C=O) groups excluding carboxylic acids is 1. The maximum atomic E-state index is 14.1.